The highest BCUT2D eigenvalue weighted by Crippen LogP contribution is 2.21. The summed E-state index contributed by atoms with van der Waals surface area (Å²) in [6, 6.07) is 13.2. The van der Waals surface area contributed by atoms with Gasteiger partial charge >= 0.3 is 0 Å². The largest absolute Gasteiger partial charge is 0.379 e. The van der Waals surface area contributed by atoms with Crippen molar-refractivity contribution < 1.29 is 13.2 Å². The Morgan fingerprint density at radius 2 is 1.77 bits per heavy atom. The molecular formula is C17H21NO3S. The molecule has 4 nitrogen and oxygen atoms in total. The molecule has 118 valence electrons. The maximum atomic E-state index is 12.7. The Morgan fingerprint density at radius 1 is 1.09 bits per heavy atom. The quantitative estimate of drug-likeness (QED) is 0.868. The van der Waals surface area contributed by atoms with Gasteiger partial charge in [0.25, 0.3) is 0 Å². The lowest BCUT2D eigenvalue weighted by atomic mass is 10.1. The predicted molar refractivity (Wildman–Crippen MR) is 87.9 cm³/mol. The lowest BCUT2D eigenvalue weighted by molar-refractivity contribution is 0.0243. The van der Waals surface area contributed by atoms with E-state index in [2.05, 4.69) is 4.90 Å². The lowest BCUT2D eigenvalue weighted by Crippen LogP contribution is -2.45. The minimum Gasteiger partial charge on any atom is -0.379 e. The summed E-state index contributed by atoms with van der Waals surface area (Å²) in [5, 5.41) is 2.02. The first kappa shape index (κ1) is 15.5. The van der Waals surface area contributed by atoms with Crippen LogP contribution in [0, 0.1) is 0 Å². The molecule has 0 aromatic heterocycles. The van der Waals surface area contributed by atoms with Crippen LogP contribution in [-0.4, -0.2) is 51.4 Å². The molecule has 1 heterocycles. The van der Waals surface area contributed by atoms with Gasteiger partial charge in [0.15, 0.2) is 9.84 Å². The third-order valence-electron chi connectivity index (χ3n) is 4.21. The number of fused-ring (bicyclic) bond motifs is 1. The zero-order valence-electron chi connectivity index (χ0n) is 12.7. The molecule has 0 bridgehead atoms. The Labute approximate surface area is 131 Å². The third-order valence-corrected chi connectivity index (χ3v) is 6.10. The zero-order valence-corrected chi connectivity index (χ0v) is 13.6. The van der Waals surface area contributed by atoms with Gasteiger partial charge in [0.05, 0.1) is 23.9 Å². The van der Waals surface area contributed by atoms with Crippen molar-refractivity contribution in [3.8, 4) is 0 Å². The average Bonchev–Trinajstić information content (AvgIpc) is 2.55. The van der Waals surface area contributed by atoms with E-state index >= 15 is 0 Å². The summed E-state index contributed by atoms with van der Waals surface area (Å²) in [6.07, 6.45) is 0. The fourth-order valence-electron chi connectivity index (χ4n) is 2.90. The van der Waals surface area contributed by atoms with E-state index in [1.807, 2.05) is 37.3 Å². The molecular weight excluding hydrogens is 298 g/mol. The van der Waals surface area contributed by atoms with Gasteiger partial charge in [-0.15, -0.1) is 0 Å². The van der Waals surface area contributed by atoms with Gasteiger partial charge in [-0.05, 0) is 29.8 Å². The van der Waals surface area contributed by atoms with Crippen LogP contribution in [0.15, 0.2) is 47.4 Å². The van der Waals surface area contributed by atoms with Crippen LogP contribution in [0.2, 0.25) is 0 Å². The maximum absolute atomic E-state index is 12.7. The van der Waals surface area contributed by atoms with Gasteiger partial charge in [0, 0.05) is 19.1 Å². The van der Waals surface area contributed by atoms with Crippen LogP contribution in [0.5, 0.6) is 0 Å². The van der Waals surface area contributed by atoms with E-state index in [0.29, 0.717) is 18.1 Å². The molecule has 2 aromatic rings. The summed E-state index contributed by atoms with van der Waals surface area (Å²) < 4.78 is 30.7. The molecule has 2 aromatic carbocycles. The molecule has 22 heavy (non-hydrogen) atoms. The molecule has 0 N–H and O–H groups in total. The van der Waals surface area contributed by atoms with Gasteiger partial charge in [0.1, 0.15) is 0 Å². The number of ether oxygens (including phenoxy) is 1. The summed E-state index contributed by atoms with van der Waals surface area (Å²) in [4.78, 5) is 2.59. The molecule has 0 saturated carbocycles. The average molecular weight is 319 g/mol. The van der Waals surface area contributed by atoms with Gasteiger partial charge in [-0.1, -0.05) is 30.3 Å². The first-order valence-electron chi connectivity index (χ1n) is 7.60. The van der Waals surface area contributed by atoms with E-state index in [1.165, 1.54) is 0 Å². The van der Waals surface area contributed by atoms with Crippen molar-refractivity contribution >= 4 is 20.6 Å². The monoisotopic (exact) mass is 319 g/mol. The third kappa shape index (κ3) is 3.32. The van der Waals surface area contributed by atoms with Crippen LogP contribution in [0.3, 0.4) is 0 Å². The van der Waals surface area contributed by atoms with Crippen LogP contribution in [0.1, 0.15) is 6.92 Å². The molecule has 1 aliphatic rings. The minimum atomic E-state index is -3.28. The topological polar surface area (TPSA) is 46.6 Å². The molecule has 0 unspecified atom stereocenters. The van der Waals surface area contributed by atoms with Crippen LogP contribution in [0.25, 0.3) is 10.8 Å². The van der Waals surface area contributed by atoms with Crippen molar-refractivity contribution in [3.63, 3.8) is 0 Å². The molecule has 1 saturated heterocycles. The molecule has 0 amide bonds. The van der Waals surface area contributed by atoms with Crippen molar-refractivity contribution in [1.29, 1.82) is 0 Å². The van der Waals surface area contributed by atoms with Crippen molar-refractivity contribution in [1.82, 2.24) is 4.90 Å². The number of hydrogen-bond donors (Lipinski definition) is 0. The molecule has 5 heteroatoms. The molecule has 0 aliphatic carbocycles. The maximum Gasteiger partial charge on any atom is 0.179 e. The number of nitrogens with zero attached hydrogens (tertiary/aromatic N) is 1. The Balaban J connectivity index is 1.81. The summed E-state index contributed by atoms with van der Waals surface area (Å²) >= 11 is 0. The molecule has 1 atom stereocenters. The number of sulfone groups is 1. The van der Waals surface area contributed by atoms with Gasteiger partial charge in [-0.25, -0.2) is 8.42 Å². The Bertz CT molecular complexity index is 751. The number of morpholine rings is 1. The Morgan fingerprint density at radius 3 is 2.50 bits per heavy atom. The number of rotatable bonds is 4. The second-order valence-electron chi connectivity index (χ2n) is 5.79. The Kier molecular flexibility index (Phi) is 4.47. The van der Waals surface area contributed by atoms with Crippen LogP contribution in [0.4, 0.5) is 0 Å². The molecule has 1 aliphatic heterocycles. The first-order valence-corrected chi connectivity index (χ1v) is 9.25. The lowest BCUT2D eigenvalue weighted by Gasteiger charge is -2.32. The van der Waals surface area contributed by atoms with Crippen LogP contribution >= 0.6 is 0 Å². The molecule has 3 rings (SSSR count). The van der Waals surface area contributed by atoms with Gasteiger partial charge < -0.3 is 4.74 Å². The van der Waals surface area contributed by atoms with Gasteiger partial charge in [0.2, 0.25) is 0 Å². The second kappa shape index (κ2) is 6.36. The first-order chi connectivity index (χ1) is 10.6. The fourth-order valence-corrected chi connectivity index (χ4v) is 4.52. The van der Waals surface area contributed by atoms with Gasteiger partial charge in [-0.3, -0.25) is 4.90 Å². The van der Waals surface area contributed by atoms with E-state index in [1.54, 1.807) is 12.1 Å². The smallest absolute Gasteiger partial charge is 0.179 e. The van der Waals surface area contributed by atoms with Crippen LogP contribution in [-0.2, 0) is 14.6 Å². The SMILES string of the molecule is C[C@@H](CS(=O)(=O)c1ccc2ccccc2c1)N1CCOCC1. The summed E-state index contributed by atoms with van der Waals surface area (Å²) in [6.45, 7) is 4.94. The zero-order chi connectivity index (χ0) is 15.6. The fraction of sp³-hybridized carbons (Fsp3) is 0.412. The number of benzene rings is 2. The Hall–Kier alpha value is -1.43. The van der Waals surface area contributed by atoms with Crippen molar-refractivity contribution in [2.45, 2.75) is 17.9 Å². The predicted octanol–water partition coefficient (Wildman–Crippen LogP) is 2.33. The van der Waals surface area contributed by atoms with Gasteiger partial charge in [-0.2, -0.15) is 0 Å². The minimum absolute atomic E-state index is 0.000343. The van der Waals surface area contributed by atoms with E-state index in [4.69, 9.17) is 4.74 Å². The van der Waals surface area contributed by atoms with Crippen molar-refractivity contribution in [2.24, 2.45) is 0 Å². The molecule has 0 spiro atoms. The molecule has 1 fully saturated rings. The summed E-state index contributed by atoms with van der Waals surface area (Å²) in [7, 11) is -3.28. The molecule has 0 radical (unpaired) electrons. The van der Waals surface area contributed by atoms with E-state index < -0.39 is 9.84 Å². The standard InChI is InChI=1S/C17H21NO3S/c1-14(18-8-10-21-11-9-18)13-22(19,20)17-7-6-15-4-2-3-5-16(15)12-17/h2-7,12,14H,8-11,13H2,1H3/t14-/m0/s1. The second-order valence-corrected chi connectivity index (χ2v) is 7.82. The van der Waals surface area contributed by atoms with Crippen molar-refractivity contribution in [3.05, 3.63) is 42.5 Å². The number of hydrogen-bond acceptors (Lipinski definition) is 4. The normalized spacial score (nSPS) is 18.4. The summed E-state index contributed by atoms with van der Waals surface area (Å²) in [5.41, 5.74) is 0. The van der Waals surface area contributed by atoms with E-state index in [0.717, 1.165) is 23.9 Å². The highest BCUT2D eigenvalue weighted by molar-refractivity contribution is 7.91. The summed E-state index contributed by atoms with van der Waals surface area (Å²) in [5.74, 6) is 0.144. The van der Waals surface area contributed by atoms with E-state index in [9.17, 15) is 8.42 Å². The van der Waals surface area contributed by atoms with E-state index in [-0.39, 0.29) is 11.8 Å². The van der Waals surface area contributed by atoms with Crippen LogP contribution < -0.4 is 0 Å². The van der Waals surface area contributed by atoms with Crippen molar-refractivity contribution in [2.75, 3.05) is 32.1 Å². The highest BCUT2D eigenvalue weighted by Gasteiger charge is 2.24. The highest BCUT2D eigenvalue weighted by atomic mass is 32.2.